The van der Waals surface area contributed by atoms with Crippen molar-refractivity contribution in [2.75, 3.05) is 25.6 Å². The smallest absolute Gasteiger partial charge is 0.337 e. The van der Waals surface area contributed by atoms with Crippen molar-refractivity contribution >= 4 is 40.3 Å². The van der Waals surface area contributed by atoms with Crippen molar-refractivity contribution in [2.24, 2.45) is 0 Å². The number of carboxylic acid groups (broad SMARTS) is 1. The Balaban J connectivity index is 2.12. The van der Waals surface area contributed by atoms with Crippen molar-refractivity contribution in [3.8, 4) is 0 Å². The van der Waals surface area contributed by atoms with Gasteiger partial charge in [-0.1, -0.05) is 0 Å². The molecule has 108 valence electrons. The van der Waals surface area contributed by atoms with Crippen molar-refractivity contribution in [3.63, 3.8) is 0 Å². The summed E-state index contributed by atoms with van der Waals surface area (Å²) in [6.07, 6.45) is 0.794. The molecule has 2 rings (SSSR count). The third-order valence-corrected chi connectivity index (χ3v) is 3.90. The van der Waals surface area contributed by atoms with E-state index in [0.717, 1.165) is 9.99 Å². The van der Waals surface area contributed by atoms with Crippen LogP contribution >= 0.6 is 22.6 Å². The molecule has 0 aliphatic carbocycles. The molecule has 0 bridgehead atoms. The van der Waals surface area contributed by atoms with E-state index in [0.29, 0.717) is 18.9 Å². The summed E-state index contributed by atoms with van der Waals surface area (Å²) in [7, 11) is 1.68. The second-order valence-electron chi connectivity index (χ2n) is 4.55. The monoisotopic (exact) mass is 390 g/mol. The number of ether oxygens (including phenoxy) is 1. The minimum Gasteiger partial charge on any atom is -0.478 e. The van der Waals surface area contributed by atoms with Crippen molar-refractivity contribution in [1.82, 2.24) is 4.90 Å². The van der Waals surface area contributed by atoms with Crippen LogP contribution in [0.5, 0.6) is 0 Å². The van der Waals surface area contributed by atoms with Crippen molar-refractivity contribution < 1.29 is 19.4 Å². The van der Waals surface area contributed by atoms with E-state index in [9.17, 15) is 9.59 Å². The second-order valence-corrected chi connectivity index (χ2v) is 5.80. The zero-order valence-electron chi connectivity index (χ0n) is 10.9. The molecule has 1 aromatic carbocycles. The summed E-state index contributed by atoms with van der Waals surface area (Å²) in [4.78, 5) is 24.9. The number of nitrogens with one attached hydrogen (secondary N) is 1. The Bertz CT molecular complexity index is 529. The maximum atomic E-state index is 12.1. The van der Waals surface area contributed by atoms with Crippen LogP contribution in [0.4, 0.5) is 10.5 Å². The van der Waals surface area contributed by atoms with Crippen LogP contribution in [0.1, 0.15) is 16.8 Å². The Kier molecular flexibility index (Phi) is 4.81. The molecule has 0 radical (unpaired) electrons. The van der Waals surface area contributed by atoms with Crippen LogP contribution < -0.4 is 5.32 Å². The summed E-state index contributed by atoms with van der Waals surface area (Å²) < 4.78 is 6.04. The number of hydrogen-bond donors (Lipinski definition) is 2. The molecular weight excluding hydrogens is 375 g/mol. The molecule has 1 fully saturated rings. The van der Waals surface area contributed by atoms with E-state index in [1.54, 1.807) is 24.1 Å². The van der Waals surface area contributed by atoms with Gasteiger partial charge in [-0.2, -0.15) is 0 Å². The molecule has 1 unspecified atom stereocenters. The van der Waals surface area contributed by atoms with Crippen molar-refractivity contribution in [3.05, 3.63) is 27.3 Å². The Morgan fingerprint density at radius 2 is 2.25 bits per heavy atom. The highest BCUT2D eigenvalue weighted by molar-refractivity contribution is 14.1. The number of carbonyl (C=O) groups is 2. The fourth-order valence-corrected chi connectivity index (χ4v) is 2.49. The third kappa shape index (κ3) is 3.40. The van der Waals surface area contributed by atoms with Crippen molar-refractivity contribution in [2.45, 2.75) is 12.5 Å². The Morgan fingerprint density at radius 3 is 2.85 bits per heavy atom. The predicted octanol–water partition coefficient (Wildman–Crippen LogP) is 2.24. The largest absolute Gasteiger partial charge is 0.478 e. The van der Waals surface area contributed by atoms with Gasteiger partial charge in [0.2, 0.25) is 0 Å². The van der Waals surface area contributed by atoms with Crippen LogP contribution in [0.2, 0.25) is 0 Å². The summed E-state index contributed by atoms with van der Waals surface area (Å²) in [5, 5.41) is 11.8. The topological polar surface area (TPSA) is 78.9 Å². The number of anilines is 1. The Morgan fingerprint density at radius 1 is 1.50 bits per heavy atom. The van der Waals surface area contributed by atoms with Gasteiger partial charge in [0.05, 0.1) is 23.9 Å². The highest BCUT2D eigenvalue weighted by Crippen LogP contribution is 2.20. The average molecular weight is 390 g/mol. The van der Waals surface area contributed by atoms with Gasteiger partial charge in [-0.15, -0.1) is 0 Å². The summed E-state index contributed by atoms with van der Waals surface area (Å²) in [6.45, 7) is 1.16. The van der Waals surface area contributed by atoms with Gasteiger partial charge >= 0.3 is 12.0 Å². The lowest BCUT2D eigenvalue weighted by Gasteiger charge is -2.23. The molecule has 0 saturated carbocycles. The lowest BCUT2D eigenvalue weighted by Crippen LogP contribution is -2.40. The van der Waals surface area contributed by atoms with Crippen LogP contribution in [0.15, 0.2) is 18.2 Å². The molecule has 1 aliphatic heterocycles. The Hall–Kier alpha value is -1.35. The van der Waals surface area contributed by atoms with E-state index in [4.69, 9.17) is 9.84 Å². The van der Waals surface area contributed by atoms with Gasteiger partial charge in [0.15, 0.2) is 0 Å². The van der Waals surface area contributed by atoms with Crippen molar-refractivity contribution in [1.29, 1.82) is 0 Å². The van der Waals surface area contributed by atoms with E-state index in [1.165, 1.54) is 6.07 Å². The van der Waals surface area contributed by atoms with E-state index in [-0.39, 0.29) is 17.6 Å². The molecular formula is C13H15IN2O4. The fraction of sp³-hybridized carbons (Fsp3) is 0.385. The SMILES string of the molecule is CN(C(=O)Nc1ccc(I)cc1C(=O)O)C1CCOC1. The first-order valence-corrected chi connectivity index (χ1v) is 7.21. The first-order valence-electron chi connectivity index (χ1n) is 6.13. The number of halogens is 1. The van der Waals surface area contributed by atoms with E-state index in [1.807, 2.05) is 22.6 Å². The molecule has 7 heteroatoms. The van der Waals surface area contributed by atoms with Crippen LogP contribution in [0, 0.1) is 3.57 Å². The highest BCUT2D eigenvalue weighted by atomic mass is 127. The number of aromatic carboxylic acids is 1. The van der Waals surface area contributed by atoms with Crippen LogP contribution in [-0.4, -0.2) is 48.3 Å². The lowest BCUT2D eigenvalue weighted by atomic mass is 10.2. The first kappa shape index (κ1) is 15.0. The molecule has 2 amide bonds. The first-order chi connectivity index (χ1) is 9.49. The van der Waals surface area contributed by atoms with E-state index >= 15 is 0 Å². The molecule has 0 aromatic heterocycles. The number of carboxylic acids is 1. The summed E-state index contributed by atoms with van der Waals surface area (Å²) in [5.41, 5.74) is 0.384. The third-order valence-electron chi connectivity index (χ3n) is 3.23. The van der Waals surface area contributed by atoms with Gasteiger partial charge in [-0.3, -0.25) is 0 Å². The van der Waals surface area contributed by atoms with Gasteiger partial charge in [-0.05, 0) is 47.2 Å². The number of amides is 2. The minimum absolute atomic E-state index is 0.0344. The normalized spacial score (nSPS) is 17.8. The van der Waals surface area contributed by atoms with Gasteiger partial charge < -0.3 is 20.1 Å². The number of rotatable bonds is 3. The number of urea groups is 1. The molecule has 1 heterocycles. The summed E-state index contributed by atoms with van der Waals surface area (Å²) in [6, 6.07) is 4.58. The quantitative estimate of drug-likeness (QED) is 0.777. The molecule has 0 spiro atoms. The molecule has 6 nitrogen and oxygen atoms in total. The fourth-order valence-electron chi connectivity index (χ4n) is 2.00. The van der Waals surface area contributed by atoms with Crippen LogP contribution in [0.3, 0.4) is 0 Å². The van der Waals surface area contributed by atoms with Gasteiger partial charge in [0, 0.05) is 17.2 Å². The molecule has 1 aliphatic rings. The van der Waals surface area contributed by atoms with Crippen LogP contribution in [0.25, 0.3) is 0 Å². The highest BCUT2D eigenvalue weighted by Gasteiger charge is 2.25. The summed E-state index contributed by atoms with van der Waals surface area (Å²) in [5.74, 6) is -1.06. The zero-order chi connectivity index (χ0) is 14.7. The van der Waals surface area contributed by atoms with E-state index < -0.39 is 5.97 Å². The number of nitrogens with zero attached hydrogens (tertiary/aromatic N) is 1. The van der Waals surface area contributed by atoms with Gasteiger partial charge in [0.1, 0.15) is 0 Å². The van der Waals surface area contributed by atoms with Gasteiger partial charge in [0.25, 0.3) is 0 Å². The second kappa shape index (κ2) is 6.40. The number of carbonyl (C=O) groups excluding carboxylic acids is 1. The predicted molar refractivity (Wildman–Crippen MR) is 82.1 cm³/mol. The molecule has 1 saturated heterocycles. The molecule has 1 atom stereocenters. The standard InChI is InChI=1S/C13H15IN2O4/c1-16(9-4-5-20-7-9)13(19)15-11-3-2-8(14)6-10(11)12(17)18/h2-3,6,9H,4-5,7H2,1H3,(H,15,19)(H,17,18). The van der Waals surface area contributed by atoms with Crippen LogP contribution in [-0.2, 0) is 4.74 Å². The lowest BCUT2D eigenvalue weighted by molar-refractivity contribution is 0.0698. The molecule has 1 aromatic rings. The number of benzene rings is 1. The number of hydrogen-bond acceptors (Lipinski definition) is 3. The van der Waals surface area contributed by atoms with E-state index in [2.05, 4.69) is 5.32 Å². The summed E-state index contributed by atoms with van der Waals surface area (Å²) >= 11 is 2.03. The average Bonchev–Trinajstić information content (AvgIpc) is 2.93. The maximum Gasteiger partial charge on any atom is 0.337 e. The molecule has 20 heavy (non-hydrogen) atoms. The Labute approximate surface area is 130 Å². The molecule has 2 N–H and O–H groups in total. The van der Waals surface area contributed by atoms with Gasteiger partial charge in [-0.25, -0.2) is 9.59 Å². The maximum absolute atomic E-state index is 12.1. The zero-order valence-corrected chi connectivity index (χ0v) is 13.1. The minimum atomic E-state index is -1.06. The number of likely N-dealkylation sites (N-methyl/N-ethyl adjacent to an activating group) is 1.